The average Bonchev–Trinajstić information content (AvgIpc) is 2.46. The molecule has 0 fully saturated rings. The van der Waals surface area contributed by atoms with Gasteiger partial charge in [0.15, 0.2) is 0 Å². The fourth-order valence-electron chi connectivity index (χ4n) is 1.72. The maximum Gasteiger partial charge on any atom is 0.224 e. The number of carbonyl (C=O) groups is 1. The van der Waals surface area contributed by atoms with Crippen LogP contribution in [-0.4, -0.2) is 18.2 Å². The van der Waals surface area contributed by atoms with Crippen molar-refractivity contribution < 1.29 is 4.79 Å². The van der Waals surface area contributed by atoms with Gasteiger partial charge in [0.05, 0.1) is 6.42 Å². The van der Waals surface area contributed by atoms with Crippen LogP contribution in [-0.2, 0) is 11.2 Å². The third-order valence-corrected chi connectivity index (χ3v) is 3.66. The van der Waals surface area contributed by atoms with Crippen LogP contribution < -0.4 is 5.32 Å². The topological polar surface area (TPSA) is 29.1 Å². The molecule has 0 radical (unpaired) electrons. The van der Waals surface area contributed by atoms with Crippen molar-refractivity contribution in [2.75, 3.05) is 12.3 Å². The van der Waals surface area contributed by atoms with Gasteiger partial charge in [0.2, 0.25) is 5.91 Å². The lowest BCUT2D eigenvalue weighted by molar-refractivity contribution is -0.120. The Morgan fingerprint density at radius 2 is 1.58 bits per heavy atom. The summed E-state index contributed by atoms with van der Waals surface area (Å²) in [6.45, 7) is 0.700. The molecule has 2 rings (SSSR count). The number of nitrogens with one attached hydrogen (secondary N) is 1. The minimum atomic E-state index is 0.0832. The van der Waals surface area contributed by atoms with E-state index in [1.54, 1.807) is 11.8 Å². The highest BCUT2D eigenvalue weighted by Crippen LogP contribution is 2.15. The van der Waals surface area contributed by atoms with Gasteiger partial charge in [0.1, 0.15) is 0 Å². The quantitative estimate of drug-likeness (QED) is 0.646. The molecule has 2 nitrogen and oxygen atoms in total. The molecule has 0 spiro atoms. The van der Waals surface area contributed by atoms with Crippen LogP contribution in [0.5, 0.6) is 0 Å². The lowest BCUT2D eigenvalue weighted by Crippen LogP contribution is -2.27. The van der Waals surface area contributed by atoms with Crippen molar-refractivity contribution in [3.8, 4) is 0 Å². The predicted octanol–water partition coefficient (Wildman–Crippen LogP) is 3.14. The van der Waals surface area contributed by atoms with Gasteiger partial charge >= 0.3 is 0 Å². The van der Waals surface area contributed by atoms with E-state index in [4.69, 9.17) is 0 Å². The smallest absolute Gasteiger partial charge is 0.224 e. The highest BCUT2D eigenvalue weighted by Gasteiger charge is 2.02. The van der Waals surface area contributed by atoms with Gasteiger partial charge in [0.25, 0.3) is 0 Å². The van der Waals surface area contributed by atoms with E-state index in [9.17, 15) is 4.79 Å². The zero-order valence-corrected chi connectivity index (χ0v) is 11.5. The Balaban J connectivity index is 1.65. The zero-order chi connectivity index (χ0) is 13.3. The monoisotopic (exact) mass is 271 g/mol. The van der Waals surface area contributed by atoms with E-state index in [0.717, 1.165) is 11.3 Å². The molecule has 0 heterocycles. The molecule has 1 amide bonds. The predicted molar refractivity (Wildman–Crippen MR) is 80.3 cm³/mol. The lowest BCUT2D eigenvalue weighted by atomic mass is 10.1. The van der Waals surface area contributed by atoms with E-state index in [-0.39, 0.29) is 5.91 Å². The maximum absolute atomic E-state index is 11.7. The highest BCUT2D eigenvalue weighted by atomic mass is 32.2. The molecule has 0 aliphatic rings. The second-order valence-corrected chi connectivity index (χ2v) is 5.34. The van der Waals surface area contributed by atoms with Gasteiger partial charge in [0, 0.05) is 17.2 Å². The van der Waals surface area contributed by atoms with Crippen LogP contribution in [0.4, 0.5) is 0 Å². The number of hydrogen-bond acceptors (Lipinski definition) is 2. The summed E-state index contributed by atoms with van der Waals surface area (Å²) in [5.74, 6) is 0.977. The fraction of sp³-hybridized carbons (Fsp3) is 0.188. The molecule has 98 valence electrons. The van der Waals surface area contributed by atoms with Crippen LogP contribution in [0, 0.1) is 0 Å². The van der Waals surface area contributed by atoms with Crippen LogP contribution in [0.15, 0.2) is 65.6 Å². The third-order valence-electron chi connectivity index (χ3n) is 2.64. The Hall–Kier alpha value is -1.74. The first-order valence-electron chi connectivity index (χ1n) is 6.33. The minimum absolute atomic E-state index is 0.0832. The molecule has 2 aromatic carbocycles. The van der Waals surface area contributed by atoms with Crippen LogP contribution in [0.1, 0.15) is 5.56 Å². The Morgan fingerprint density at radius 3 is 2.26 bits per heavy atom. The molecular formula is C16H17NOS. The Morgan fingerprint density at radius 1 is 0.947 bits per heavy atom. The van der Waals surface area contributed by atoms with Gasteiger partial charge in [-0.25, -0.2) is 0 Å². The second kappa shape index (κ2) is 7.64. The largest absolute Gasteiger partial charge is 0.355 e. The van der Waals surface area contributed by atoms with Crippen LogP contribution >= 0.6 is 11.8 Å². The van der Waals surface area contributed by atoms with Gasteiger partial charge in [-0.15, -0.1) is 11.8 Å². The number of rotatable bonds is 6. The van der Waals surface area contributed by atoms with Crippen molar-refractivity contribution in [2.24, 2.45) is 0 Å². The number of hydrogen-bond donors (Lipinski definition) is 1. The van der Waals surface area contributed by atoms with Crippen molar-refractivity contribution in [1.82, 2.24) is 5.32 Å². The summed E-state index contributed by atoms with van der Waals surface area (Å²) >= 11 is 1.75. The molecule has 1 N–H and O–H groups in total. The fourth-order valence-corrected chi connectivity index (χ4v) is 2.51. The molecule has 0 aromatic heterocycles. The van der Waals surface area contributed by atoms with Crippen LogP contribution in [0.2, 0.25) is 0 Å². The molecule has 0 aliphatic carbocycles. The minimum Gasteiger partial charge on any atom is -0.355 e. The Labute approximate surface area is 118 Å². The summed E-state index contributed by atoms with van der Waals surface area (Å²) in [5, 5.41) is 2.94. The van der Waals surface area contributed by atoms with E-state index in [2.05, 4.69) is 17.4 Å². The SMILES string of the molecule is O=C(Cc1ccccc1)NCCSc1ccccc1. The third kappa shape index (κ3) is 5.18. The molecule has 0 bridgehead atoms. The molecule has 3 heteroatoms. The first-order valence-corrected chi connectivity index (χ1v) is 7.31. The Kier molecular flexibility index (Phi) is 5.50. The van der Waals surface area contributed by atoms with Gasteiger partial charge in [-0.2, -0.15) is 0 Å². The van der Waals surface area contributed by atoms with Gasteiger partial charge in [-0.05, 0) is 17.7 Å². The lowest BCUT2D eigenvalue weighted by Gasteiger charge is -2.05. The highest BCUT2D eigenvalue weighted by molar-refractivity contribution is 7.99. The summed E-state index contributed by atoms with van der Waals surface area (Å²) in [4.78, 5) is 12.9. The molecule has 0 aliphatic heterocycles. The number of amides is 1. The first-order chi connectivity index (χ1) is 9.34. The molecular weight excluding hydrogens is 254 g/mol. The summed E-state index contributed by atoms with van der Waals surface area (Å²) in [6, 6.07) is 20.0. The molecule has 0 saturated heterocycles. The van der Waals surface area contributed by atoms with Crippen molar-refractivity contribution in [3.05, 3.63) is 66.2 Å². The first kappa shape index (κ1) is 13.7. The maximum atomic E-state index is 11.7. The molecule has 19 heavy (non-hydrogen) atoms. The zero-order valence-electron chi connectivity index (χ0n) is 10.7. The number of thioether (sulfide) groups is 1. The van der Waals surface area contributed by atoms with Crippen molar-refractivity contribution >= 4 is 17.7 Å². The van der Waals surface area contributed by atoms with Crippen LogP contribution in [0.3, 0.4) is 0 Å². The standard InChI is InChI=1S/C16H17NOS/c18-16(13-14-7-3-1-4-8-14)17-11-12-19-15-9-5-2-6-10-15/h1-10H,11-13H2,(H,17,18). The van der Waals surface area contributed by atoms with E-state index < -0.39 is 0 Å². The van der Waals surface area contributed by atoms with E-state index in [1.165, 1.54) is 4.90 Å². The summed E-state index contributed by atoms with van der Waals surface area (Å²) in [6.07, 6.45) is 0.455. The average molecular weight is 271 g/mol. The van der Waals surface area contributed by atoms with E-state index in [0.29, 0.717) is 13.0 Å². The van der Waals surface area contributed by atoms with Crippen molar-refractivity contribution in [1.29, 1.82) is 0 Å². The Bertz CT molecular complexity index is 499. The van der Waals surface area contributed by atoms with Crippen molar-refractivity contribution in [3.63, 3.8) is 0 Å². The van der Waals surface area contributed by atoms with Crippen LogP contribution in [0.25, 0.3) is 0 Å². The summed E-state index contributed by atoms with van der Waals surface area (Å²) < 4.78 is 0. The molecule has 0 atom stereocenters. The van der Waals surface area contributed by atoms with Gasteiger partial charge in [-0.3, -0.25) is 4.79 Å². The normalized spacial score (nSPS) is 10.1. The molecule has 2 aromatic rings. The summed E-state index contributed by atoms with van der Waals surface area (Å²) in [7, 11) is 0. The number of benzene rings is 2. The van der Waals surface area contributed by atoms with E-state index in [1.807, 2.05) is 48.5 Å². The van der Waals surface area contributed by atoms with E-state index >= 15 is 0 Å². The van der Waals surface area contributed by atoms with Crippen molar-refractivity contribution in [2.45, 2.75) is 11.3 Å². The number of carbonyl (C=O) groups excluding carboxylic acids is 1. The molecule has 0 unspecified atom stereocenters. The summed E-state index contributed by atoms with van der Waals surface area (Å²) in [5.41, 5.74) is 1.05. The van der Waals surface area contributed by atoms with Gasteiger partial charge < -0.3 is 5.32 Å². The molecule has 0 saturated carbocycles. The van der Waals surface area contributed by atoms with Gasteiger partial charge in [-0.1, -0.05) is 48.5 Å². The second-order valence-electron chi connectivity index (χ2n) is 4.17.